The Labute approximate surface area is 159 Å². The van der Waals surface area contributed by atoms with E-state index in [1.54, 1.807) is 18.3 Å². The molecule has 1 saturated carbocycles. The van der Waals surface area contributed by atoms with Crippen LogP contribution in [-0.2, 0) is 11.2 Å². The molecule has 5 nitrogen and oxygen atoms in total. The molecule has 0 atom stereocenters. The SMILES string of the molecule is O=C(N1CCC(n2ccnn2)CC1)C1(Cc2cccc(F)c2)CCCCC1. The lowest BCUT2D eigenvalue weighted by atomic mass is 9.69. The van der Waals surface area contributed by atoms with Gasteiger partial charge in [0.1, 0.15) is 5.82 Å². The summed E-state index contributed by atoms with van der Waals surface area (Å²) >= 11 is 0. The normalized spacial score (nSPS) is 20.6. The van der Waals surface area contributed by atoms with Crippen molar-refractivity contribution < 1.29 is 9.18 Å². The van der Waals surface area contributed by atoms with Crippen molar-refractivity contribution in [1.29, 1.82) is 0 Å². The van der Waals surface area contributed by atoms with Crippen LogP contribution in [0, 0.1) is 11.2 Å². The van der Waals surface area contributed by atoms with Crippen molar-refractivity contribution in [2.75, 3.05) is 13.1 Å². The van der Waals surface area contributed by atoms with Gasteiger partial charge in [0.2, 0.25) is 5.91 Å². The van der Waals surface area contributed by atoms with Gasteiger partial charge in [-0.2, -0.15) is 0 Å². The Morgan fingerprint density at radius 1 is 1.19 bits per heavy atom. The van der Waals surface area contributed by atoms with Gasteiger partial charge in [-0.3, -0.25) is 4.79 Å². The highest BCUT2D eigenvalue weighted by molar-refractivity contribution is 5.83. The van der Waals surface area contributed by atoms with Crippen molar-refractivity contribution >= 4 is 5.91 Å². The molecule has 2 fully saturated rings. The minimum absolute atomic E-state index is 0.223. The van der Waals surface area contributed by atoms with Crippen molar-refractivity contribution in [3.63, 3.8) is 0 Å². The van der Waals surface area contributed by atoms with Gasteiger partial charge in [-0.1, -0.05) is 36.6 Å². The lowest BCUT2D eigenvalue weighted by molar-refractivity contribution is -0.145. The largest absolute Gasteiger partial charge is 0.342 e. The molecule has 0 bridgehead atoms. The molecule has 27 heavy (non-hydrogen) atoms. The van der Waals surface area contributed by atoms with Crippen LogP contribution in [0.25, 0.3) is 0 Å². The Bertz CT molecular complexity index is 762. The lowest BCUT2D eigenvalue weighted by Crippen LogP contribution is -2.49. The summed E-state index contributed by atoms with van der Waals surface area (Å²) in [6.45, 7) is 1.52. The maximum Gasteiger partial charge on any atom is 0.229 e. The minimum Gasteiger partial charge on any atom is -0.342 e. The summed E-state index contributed by atoms with van der Waals surface area (Å²) < 4.78 is 15.6. The molecule has 1 aliphatic carbocycles. The Morgan fingerprint density at radius 2 is 1.96 bits per heavy atom. The topological polar surface area (TPSA) is 51.0 Å². The van der Waals surface area contributed by atoms with E-state index in [4.69, 9.17) is 0 Å². The summed E-state index contributed by atoms with van der Waals surface area (Å²) in [4.78, 5) is 15.6. The Kier molecular flexibility index (Phi) is 5.23. The highest BCUT2D eigenvalue weighted by atomic mass is 19.1. The number of piperidine rings is 1. The van der Waals surface area contributed by atoms with Crippen LogP contribution in [0.2, 0.25) is 0 Å². The molecule has 0 spiro atoms. The lowest BCUT2D eigenvalue weighted by Gasteiger charge is -2.42. The number of halogens is 1. The Hall–Kier alpha value is -2.24. The second kappa shape index (κ2) is 7.79. The van der Waals surface area contributed by atoms with E-state index < -0.39 is 0 Å². The van der Waals surface area contributed by atoms with Crippen LogP contribution < -0.4 is 0 Å². The number of amides is 1. The zero-order chi connectivity index (χ0) is 18.7. The van der Waals surface area contributed by atoms with E-state index in [0.29, 0.717) is 12.5 Å². The van der Waals surface area contributed by atoms with E-state index in [2.05, 4.69) is 10.3 Å². The van der Waals surface area contributed by atoms with Gasteiger partial charge >= 0.3 is 0 Å². The van der Waals surface area contributed by atoms with Gasteiger partial charge in [0.05, 0.1) is 17.7 Å². The van der Waals surface area contributed by atoms with Crippen LogP contribution in [0.1, 0.15) is 56.6 Å². The van der Waals surface area contributed by atoms with Crippen LogP contribution >= 0.6 is 0 Å². The van der Waals surface area contributed by atoms with Gasteiger partial charge in [-0.15, -0.1) is 5.10 Å². The van der Waals surface area contributed by atoms with E-state index in [0.717, 1.165) is 57.2 Å². The highest BCUT2D eigenvalue weighted by Gasteiger charge is 2.42. The second-order valence-corrected chi connectivity index (χ2v) is 8.05. The summed E-state index contributed by atoms with van der Waals surface area (Å²) in [7, 11) is 0. The van der Waals surface area contributed by atoms with Gasteiger partial charge in [0.15, 0.2) is 0 Å². The maximum atomic E-state index is 13.7. The van der Waals surface area contributed by atoms with E-state index >= 15 is 0 Å². The fourth-order valence-corrected chi connectivity index (χ4v) is 4.81. The predicted octanol–water partition coefficient (Wildman–Crippen LogP) is 3.77. The van der Waals surface area contributed by atoms with Crippen molar-refractivity contribution in [3.05, 3.63) is 48.0 Å². The second-order valence-electron chi connectivity index (χ2n) is 8.05. The summed E-state index contributed by atoms with van der Waals surface area (Å²) in [5.41, 5.74) is 0.564. The first-order chi connectivity index (χ1) is 13.2. The molecule has 1 aromatic carbocycles. The third kappa shape index (κ3) is 3.89. The number of rotatable bonds is 4. The van der Waals surface area contributed by atoms with Crippen molar-refractivity contribution in [2.45, 2.75) is 57.4 Å². The fraction of sp³-hybridized carbons (Fsp3) is 0.571. The predicted molar refractivity (Wildman–Crippen MR) is 100 cm³/mol. The number of hydrogen-bond acceptors (Lipinski definition) is 3. The fourth-order valence-electron chi connectivity index (χ4n) is 4.81. The van der Waals surface area contributed by atoms with E-state index in [9.17, 15) is 9.18 Å². The standard InChI is InChI=1S/C21H27FN4O/c22-18-6-4-5-17(15-18)16-21(9-2-1-3-10-21)20(27)25-12-7-19(8-13-25)26-14-11-23-24-26/h4-6,11,14-15,19H,1-3,7-10,12-13,16H2. The zero-order valence-corrected chi connectivity index (χ0v) is 15.7. The molecule has 2 aromatic rings. The Morgan fingerprint density at radius 3 is 2.63 bits per heavy atom. The van der Waals surface area contributed by atoms with Crippen LogP contribution in [0.15, 0.2) is 36.7 Å². The number of aromatic nitrogens is 3. The summed E-state index contributed by atoms with van der Waals surface area (Å²) in [6, 6.07) is 7.06. The first kappa shape index (κ1) is 18.1. The van der Waals surface area contributed by atoms with Crippen molar-refractivity contribution in [3.8, 4) is 0 Å². The Balaban J connectivity index is 1.48. The smallest absolute Gasteiger partial charge is 0.229 e. The van der Waals surface area contributed by atoms with E-state index in [1.165, 1.54) is 12.5 Å². The molecule has 1 aliphatic heterocycles. The molecule has 0 N–H and O–H groups in total. The quantitative estimate of drug-likeness (QED) is 0.823. The van der Waals surface area contributed by atoms with E-state index in [1.807, 2.05) is 21.8 Å². The number of carbonyl (C=O) groups excluding carboxylic acids is 1. The molecule has 1 aromatic heterocycles. The molecule has 4 rings (SSSR count). The summed E-state index contributed by atoms with van der Waals surface area (Å²) in [5.74, 6) is 0.0445. The molecule has 1 amide bonds. The van der Waals surface area contributed by atoms with Gasteiger partial charge < -0.3 is 4.90 Å². The molecule has 0 radical (unpaired) electrons. The van der Waals surface area contributed by atoms with Crippen LogP contribution in [0.5, 0.6) is 0 Å². The molecular weight excluding hydrogens is 343 g/mol. The average molecular weight is 370 g/mol. The third-order valence-electron chi connectivity index (χ3n) is 6.26. The number of carbonyl (C=O) groups is 1. The van der Waals surface area contributed by atoms with Gasteiger partial charge in [-0.25, -0.2) is 9.07 Å². The monoisotopic (exact) mass is 370 g/mol. The molecule has 1 saturated heterocycles. The van der Waals surface area contributed by atoms with Crippen LogP contribution in [0.4, 0.5) is 4.39 Å². The third-order valence-corrected chi connectivity index (χ3v) is 6.26. The molecule has 144 valence electrons. The molecule has 0 unspecified atom stereocenters. The zero-order valence-electron chi connectivity index (χ0n) is 15.7. The van der Waals surface area contributed by atoms with Gasteiger partial charge in [0.25, 0.3) is 0 Å². The minimum atomic E-state index is -0.369. The van der Waals surface area contributed by atoms with Gasteiger partial charge in [-0.05, 0) is 49.8 Å². The van der Waals surface area contributed by atoms with Crippen LogP contribution in [-0.4, -0.2) is 38.9 Å². The average Bonchev–Trinajstić information content (AvgIpc) is 3.23. The molecule has 2 heterocycles. The molecular formula is C21H27FN4O. The summed E-state index contributed by atoms with van der Waals surface area (Å²) in [5, 5.41) is 8.00. The molecule has 6 heteroatoms. The van der Waals surface area contributed by atoms with Crippen LogP contribution in [0.3, 0.4) is 0 Å². The number of hydrogen-bond donors (Lipinski definition) is 0. The summed E-state index contributed by atoms with van der Waals surface area (Å²) in [6.07, 6.45) is 11.2. The van der Waals surface area contributed by atoms with Crippen molar-refractivity contribution in [1.82, 2.24) is 19.9 Å². The number of likely N-dealkylation sites (tertiary alicyclic amines) is 1. The first-order valence-corrected chi connectivity index (χ1v) is 10.1. The van der Waals surface area contributed by atoms with Gasteiger partial charge in [0, 0.05) is 19.3 Å². The molecule has 2 aliphatic rings. The number of benzene rings is 1. The van der Waals surface area contributed by atoms with E-state index in [-0.39, 0.29) is 17.1 Å². The maximum absolute atomic E-state index is 13.7. The van der Waals surface area contributed by atoms with Crippen molar-refractivity contribution in [2.24, 2.45) is 5.41 Å². The highest BCUT2D eigenvalue weighted by Crippen LogP contribution is 2.42. The number of nitrogens with zero attached hydrogens (tertiary/aromatic N) is 4. The first-order valence-electron chi connectivity index (χ1n) is 10.1.